The topological polar surface area (TPSA) is 61.4 Å². The molecule has 0 bridgehead atoms. The Morgan fingerprint density at radius 3 is 2.07 bits per heavy atom. The van der Waals surface area contributed by atoms with E-state index >= 15 is 0 Å². The van der Waals surface area contributed by atoms with Crippen LogP contribution in [0.25, 0.3) is 0 Å². The van der Waals surface area contributed by atoms with Crippen LogP contribution in [0.4, 0.5) is 20.6 Å². The molecule has 0 aliphatic heterocycles. The van der Waals surface area contributed by atoms with Gasteiger partial charge in [0.15, 0.2) is 0 Å². The zero-order chi connectivity index (χ0) is 19.5. The Bertz CT molecular complexity index is 843. The summed E-state index contributed by atoms with van der Waals surface area (Å²) in [6, 6.07) is 13.8. The average molecular weight is 381 g/mol. The minimum atomic E-state index is -0.252. The summed E-state index contributed by atoms with van der Waals surface area (Å²) in [6.07, 6.45) is 4.66. The number of carbonyl (C=O) groups is 2. The van der Waals surface area contributed by atoms with Crippen LogP contribution in [0.1, 0.15) is 31.2 Å². The van der Waals surface area contributed by atoms with Crippen molar-refractivity contribution in [1.29, 1.82) is 0 Å². The maximum Gasteiger partial charge on any atom is 0.322 e. The molecule has 2 saturated carbocycles. The van der Waals surface area contributed by atoms with Gasteiger partial charge in [-0.3, -0.25) is 4.79 Å². The number of amides is 3. The second-order valence-electron chi connectivity index (χ2n) is 7.57. The summed E-state index contributed by atoms with van der Waals surface area (Å²) in [4.78, 5) is 26.4. The first-order valence-corrected chi connectivity index (χ1v) is 9.81. The Labute approximate surface area is 163 Å². The normalized spacial score (nSPS) is 15.8. The fourth-order valence-corrected chi connectivity index (χ4v) is 3.16. The summed E-state index contributed by atoms with van der Waals surface area (Å²) in [6.45, 7) is 0.595. The molecule has 0 atom stereocenters. The van der Waals surface area contributed by atoms with Crippen molar-refractivity contribution >= 4 is 23.3 Å². The number of nitrogens with one attached hydrogen (secondary N) is 2. The Morgan fingerprint density at radius 2 is 1.50 bits per heavy atom. The third-order valence-electron chi connectivity index (χ3n) is 5.15. The smallest absolute Gasteiger partial charge is 0.322 e. The fraction of sp³-hybridized carbons (Fsp3) is 0.364. The van der Waals surface area contributed by atoms with Gasteiger partial charge in [-0.1, -0.05) is 12.1 Å². The van der Waals surface area contributed by atoms with Gasteiger partial charge in [-0.05, 0) is 74.1 Å². The van der Waals surface area contributed by atoms with E-state index < -0.39 is 0 Å². The molecule has 2 aliphatic carbocycles. The van der Waals surface area contributed by atoms with Crippen LogP contribution in [-0.2, 0) is 11.2 Å². The number of nitrogens with zero attached hydrogens (tertiary/aromatic N) is 1. The molecule has 2 fully saturated rings. The number of hydrogen-bond donors (Lipinski definition) is 2. The van der Waals surface area contributed by atoms with E-state index in [4.69, 9.17) is 0 Å². The maximum atomic E-state index is 13.0. The van der Waals surface area contributed by atoms with E-state index in [9.17, 15) is 14.0 Å². The molecule has 28 heavy (non-hydrogen) atoms. The molecule has 0 aromatic heterocycles. The minimum absolute atomic E-state index is 0.0671. The van der Waals surface area contributed by atoms with E-state index in [1.165, 1.54) is 12.1 Å². The highest BCUT2D eigenvalue weighted by molar-refractivity contribution is 5.94. The van der Waals surface area contributed by atoms with E-state index in [1.54, 1.807) is 36.4 Å². The second kappa shape index (κ2) is 8.00. The first kappa shape index (κ1) is 18.5. The standard InChI is InChI=1S/C22H24FN3O2/c23-17-5-1-15(2-6-17)13-14-26(20-11-12-20)22(28)25-19-9-7-18(8-10-19)24-21(27)16-3-4-16/h1-2,5-10,16,20H,3-4,11-14H2,(H,24,27)(H,25,28). The van der Waals surface area contributed by atoms with Crippen LogP contribution in [0.15, 0.2) is 48.5 Å². The Kier molecular flexibility index (Phi) is 5.28. The third kappa shape index (κ3) is 4.88. The van der Waals surface area contributed by atoms with Gasteiger partial charge in [0.1, 0.15) is 5.82 Å². The van der Waals surface area contributed by atoms with Crippen molar-refractivity contribution in [2.45, 2.75) is 38.1 Å². The van der Waals surface area contributed by atoms with Gasteiger partial charge in [0, 0.05) is 29.9 Å². The lowest BCUT2D eigenvalue weighted by Crippen LogP contribution is -2.38. The van der Waals surface area contributed by atoms with Crippen LogP contribution >= 0.6 is 0 Å². The van der Waals surface area contributed by atoms with Gasteiger partial charge >= 0.3 is 6.03 Å². The highest BCUT2D eigenvalue weighted by Crippen LogP contribution is 2.30. The number of urea groups is 1. The molecule has 0 spiro atoms. The molecule has 5 nitrogen and oxygen atoms in total. The van der Waals surface area contributed by atoms with Crippen LogP contribution in [0, 0.1) is 11.7 Å². The number of benzene rings is 2. The molecule has 2 aromatic rings. The van der Waals surface area contributed by atoms with Crippen molar-refractivity contribution in [1.82, 2.24) is 4.90 Å². The first-order valence-electron chi connectivity index (χ1n) is 9.81. The summed E-state index contributed by atoms with van der Waals surface area (Å²) < 4.78 is 13.0. The highest BCUT2D eigenvalue weighted by Gasteiger charge is 2.32. The number of carbonyl (C=O) groups excluding carboxylic acids is 2. The predicted molar refractivity (Wildman–Crippen MR) is 107 cm³/mol. The molecule has 2 aliphatic rings. The molecule has 0 saturated heterocycles. The van der Waals surface area contributed by atoms with E-state index in [-0.39, 0.29) is 29.7 Å². The van der Waals surface area contributed by atoms with Crippen molar-refractivity contribution < 1.29 is 14.0 Å². The highest BCUT2D eigenvalue weighted by atomic mass is 19.1. The number of halogens is 1. The quantitative estimate of drug-likeness (QED) is 0.746. The molecular weight excluding hydrogens is 357 g/mol. The summed E-state index contributed by atoms with van der Waals surface area (Å²) in [5.41, 5.74) is 2.45. The summed E-state index contributed by atoms with van der Waals surface area (Å²) in [5.74, 6) is -0.0256. The van der Waals surface area contributed by atoms with Gasteiger partial charge < -0.3 is 15.5 Å². The van der Waals surface area contributed by atoms with Crippen molar-refractivity contribution in [3.63, 3.8) is 0 Å². The summed E-state index contributed by atoms with van der Waals surface area (Å²) in [7, 11) is 0. The van der Waals surface area contributed by atoms with E-state index in [1.807, 2.05) is 4.90 Å². The SMILES string of the molecule is O=C(Nc1ccc(NC(=O)N(CCc2ccc(F)cc2)C2CC2)cc1)C1CC1. The lowest BCUT2D eigenvalue weighted by atomic mass is 10.1. The Balaban J connectivity index is 1.32. The van der Waals surface area contributed by atoms with Crippen molar-refractivity contribution in [2.24, 2.45) is 5.92 Å². The molecule has 0 radical (unpaired) electrons. The minimum Gasteiger partial charge on any atom is -0.326 e. The predicted octanol–water partition coefficient (Wildman–Crippen LogP) is 4.41. The van der Waals surface area contributed by atoms with Gasteiger partial charge in [-0.25, -0.2) is 9.18 Å². The Morgan fingerprint density at radius 1 is 0.893 bits per heavy atom. The molecule has 0 unspecified atom stereocenters. The zero-order valence-corrected chi connectivity index (χ0v) is 15.7. The zero-order valence-electron chi connectivity index (χ0n) is 15.7. The van der Waals surface area contributed by atoms with Crippen LogP contribution in [0.3, 0.4) is 0 Å². The third-order valence-corrected chi connectivity index (χ3v) is 5.15. The molecule has 4 rings (SSSR count). The monoisotopic (exact) mass is 381 g/mol. The molecule has 2 aromatic carbocycles. The average Bonchev–Trinajstić information content (AvgIpc) is 3.57. The van der Waals surface area contributed by atoms with Crippen LogP contribution < -0.4 is 10.6 Å². The van der Waals surface area contributed by atoms with Crippen molar-refractivity contribution in [3.05, 3.63) is 59.9 Å². The van der Waals surface area contributed by atoms with Gasteiger partial charge in [-0.2, -0.15) is 0 Å². The van der Waals surface area contributed by atoms with Gasteiger partial charge in [0.2, 0.25) is 5.91 Å². The molecular formula is C22H24FN3O2. The lowest BCUT2D eigenvalue weighted by molar-refractivity contribution is -0.117. The molecule has 3 amide bonds. The molecule has 2 N–H and O–H groups in total. The van der Waals surface area contributed by atoms with Gasteiger partial charge in [0.05, 0.1) is 0 Å². The maximum absolute atomic E-state index is 13.0. The van der Waals surface area contributed by atoms with Crippen LogP contribution in [-0.4, -0.2) is 29.4 Å². The van der Waals surface area contributed by atoms with Gasteiger partial charge in [0.25, 0.3) is 0 Å². The Hall–Kier alpha value is -2.89. The lowest BCUT2D eigenvalue weighted by Gasteiger charge is -2.23. The second-order valence-corrected chi connectivity index (χ2v) is 7.57. The molecule has 146 valence electrons. The van der Waals surface area contributed by atoms with Crippen molar-refractivity contribution in [2.75, 3.05) is 17.2 Å². The van der Waals surface area contributed by atoms with Crippen LogP contribution in [0.5, 0.6) is 0 Å². The molecule has 6 heteroatoms. The number of rotatable bonds is 7. The van der Waals surface area contributed by atoms with E-state index in [0.717, 1.165) is 36.9 Å². The summed E-state index contributed by atoms with van der Waals surface area (Å²) in [5, 5.41) is 5.83. The summed E-state index contributed by atoms with van der Waals surface area (Å²) >= 11 is 0. The number of anilines is 2. The number of hydrogen-bond acceptors (Lipinski definition) is 2. The molecule has 0 heterocycles. The van der Waals surface area contributed by atoms with Gasteiger partial charge in [-0.15, -0.1) is 0 Å². The van der Waals surface area contributed by atoms with E-state index in [2.05, 4.69) is 10.6 Å². The van der Waals surface area contributed by atoms with Crippen LogP contribution in [0.2, 0.25) is 0 Å². The van der Waals surface area contributed by atoms with E-state index in [0.29, 0.717) is 18.7 Å². The largest absolute Gasteiger partial charge is 0.326 e. The van der Waals surface area contributed by atoms with Crippen molar-refractivity contribution in [3.8, 4) is 0 Å². The first-order chi connectivity index (χ1) is 13.6. The fourth-order valence-electron chi connectivity index (χ4n) is 3.16.